The summed E-state index contributed by atoms with van der Waals surface area (Å²) in [6.07, 6.45) is 12.5. The molecule has 80 valence electrons. The number of fused-ring (bicyclic) bond motifs is 3. The maximum absolute atomic E-state index is 2.48. The standard InChI is InChI=1S/C14H24/c1-10-6-7-12-9-11-4-2-3-5-13(11)14(12)8-10/h10-14H,2-9H2,1H3. The van der Waals surface area contributed by atoms with Crippen LogP contribution in [-0.4, -0.2) is 0 Å². The molecule has 0 aromatic rings. The van der Waals surface area contributed by atoms with E-state index in [-0.39, 0.29) is 0 Å². The molecule has 0 heteroatoms. The molecule has 3 fully saturated rings. The Balaban J connectivity index is 1.75. The van der Waals surface area contributed by atoms with Crippen molar-refractivity contribution < 1.29 is 0 Å². The van der Waals surface area contributed by atoms with E-state index in [4.69, 9.17) is 0 Å². The van der Waals surface area contributed by atoms with E-state index in [9.17, 15) is 0 Å². The Bertz CT molecular complexity index is 208. The lowest BCUT2D eigenvalue weighted by Gasteiger charge is -2.35. The predicted octanol–water partition coefficient (Wildman–Crippen LogP) is 4.25. The Morgan fingerprint density at radius 3 is 2.43 bits per heavy atom. The Hall–Kier alpha value is 0. The SMILES string of the molecule is CC1CCC2CC3CCCCC3C2C1. The second-order valence-corrected chi connectivity index (χ2v) is 6.29. The zero-order valence-electron chi connectivity index (χ0n) is 9.54. The van der Waals surface area contributed by atoms with Gasteiger partial charge in [0.05, 0.1) is 0 Å². The van der Waals surface area contributed by atoms with E-state index >= 15 is 0 Å². The smallest absolute Gasteiger partial charge is 0.0352 e. The Morgan fingerprint density at radius 1 is 0.714 bits per heavy atom. The molecule has 0 aromatic carbocycles. The first-order valence-electron chi connectivity index (χ1n) is 6.84. The molecule has 0 saturated heterocycles. The van der Waals surface area contributed by atoms with Crippen LogP contribution in [0.1, 0.15) is 58.3 Å². The van der Waals surface area contributed by atoms with Gasteiger partial charge in [-0.3, -0.25) is 0 Å². The van der Waals surface area contributed by atoms with E-state index in [1.165, 1.54) is 12.8 Å². The molecule has 14 heavy (non-hydrogen) atoms. The predicted molar refractivity (Wildman–Crippen MR) is 60.1 cm³/mol. The third-order valence-electron chi connectivity index (χ3n) is 5.43. The first-order valence-corrected chi connectivity index (χ1v) is 6.84. The molecular formula is C14H24. The lowest BCUT2D eigenvalue weighted by atomic mass is 9.71. The molecular weight excluding hydrogens is 168 g/mol. The van der Waals surface area contributed by atoms with Crippen molar-refractivity contribution in [2.45, 2.75) is 58.3 Å². The minimum atomic E-state index is 1.04. The van der Waals surface area contributed by atoms with Crippen molar-refractivity contribution in [2.24, 2.45) is 29.6 Å². The molecule has 3 aliphatic rings. The van der Waals surface area contributed by atoms with Gasteiger partial charge < -0.3 is 0 Å². The fraction of sp³-hybridized carbons (Fsp3) is 1.00. The topological polar surface area (TPSA) is 0 Å². The quantitative estimate of drug-likeness (QED) is 0.538. The monoisotopic (exact) mass is 192 g/mol. The summed E-state index contributed by atoms with van der Waals surface area (Å²) >= 11 is 0. The first-order chi connectivity index (χ1) is 6.84. The van der Waals surface area contributed by atoms with Crippen molar-refractivity contribution in [1.82, 2.24) is 0 Å². The molecule has 3 saturated carbocycles. The van der Waals surface area contributed by atoms with Gasteiger partial charge in [0, 0.05) is 0 Å². The number of rotatable bonds is 0. The van der Waals surface area contributed by atoms with Gasteiger partial charge in [0.1, 0.15) is 0 Å². The molecule has 0 aliphatic heterocycles. The highest BCUT2D eigenvalue weighted by Crippen LogP contribution is 2.54. The van der Waals surface area contributed by atoms with E-state index in [1.807, 2.05) is 0 Å². The fourth-order valence-corrected chi connectivity index (χ4v) is 4.79. The summed E-state index contributed by atoms with van der Waals surface area (Å²) in [4.78, 5) is 0. The van der Waals surface area contributed by atoms with Crippen LogP contribution in [0.25, 0.3) is 0 Å². The third kappa shape index (κ3) is 1.42. The Kier molecular flexibility index (Phi) is 2.34. The van der Waals surface area contributed by atoms with Crippen LogP contribution in [0, 0.1) is 29.6 Å². The largest absolute Gasteiger partial charge is 0.0625 e. The molecule has 3 aliphatic carbocycles. The highest BCUT2D eigenvalue weighted by molar-refractivity contribution is 4.95. The highest BCUT2D eigenvalue weighted by atomic mass is 14.5. The summed E-state index contributed by atoms with van der Waals surface area (Å²) in [5.74, 6) is 5.67. The molecule has 5 atom stereocenters. The number of hydrogen-bond donors (Lipinski definition) is 0. The van der Waals surface area contributed by atoms with Crippen LogP contribution in [0.15, 0.2) is 0 Å². The average molecular weight is 192 g/mol. The summed E-state index contributed by atoms with van der Waals surface area (Å²) < 4.78 is 0. The molecule has 3 rings (SSSR count). The van der Waals surface area contributed by atoms with Gasteiger partial charge in [0.25, 0.3) is 0 Å². The minimum absolute atomic E-state index is 1.04. The van der Waals surface area contributed by atoms with E-state index in [2.05, 4.69) is 6.92 Å². The maximum atomic E-state index is 2.48. The van der Waals surface area contributed by atoms with Crippen LogP contribution < -0.4 is 0 Å². The van der Waals surface area contributed by atoms with Crippen LogP contribution in [0.2, 0.25) is 0 Å². The zero-order valence-corrected chi connectivity index (χ0v) is 9.54. The van der Waals surface area contributed by atoms with Gasteiger partial charge in [0.15, 0.2) is 0 Å². The van der Waals surface area contributed by atoms with Crippen molar-refractivity contribution in [3.05, 3.63) is 0 Å². The molecule has 0 radical (unpaired) electrons. The third-order valence-corrected chi connectivity index (χ3v) is 5.43. The molecule has 0 aromatic heterocycles. The van der Waals surface area contributed by atoms with E-state index in [1.54, 1.807) is 38.5 Å². The van der Waals surface area contributed by atoms with Crippen molar-refractivity contribution in [1.29, 1.82) is 0 Å². The van der Waals surface area contributed by atoms with Crippen LogP contribution in [0.5, 0.6) is 0 Å². The van der Waals surface area contributed by atoms with Gasteiger partial charge in [-0.2, -0.15) is 0 Å². The van der Waals surface area contributed by atoms with Gasteiger partial charge in [-0.1, -0.05) is 32.6 Å². The van der Waals surface area contributed by atoms with E-state index in [0.717, 1.165) is 29.6 Å². The van der Waals surface area contributed by atoms with E-state index < -0.39 is 0 Å². The van der Waals surface area contributed by atoms with E-state index in [0.29, 0.717) is 0 Å². The van der Waals surface area contributed by atoms with Crippen molar-refractivity contribution in [3.63, 3.8) is 0 Å². The van der Waals surface area contributed by atoms with Gasteiger partial charge in [0.2, 0.25) is 0 Å². The highest BCUT2D eigenvalue weighted by Gasteiger charge is 2.45. The van der Waals surface area contributed by atoms with Gasteiger partial charge in [-0.05, 0) is 55.3 Å². The summed E-state index contributed by atoms with van der Waals surface area (Å²) in [6.45, 7) is 2.48. The second kappa shape index (κ2) is 3.54. The molecule has 0 nitrogen and oxygen atoms in total. The zero-order chi connectivity index (χ0) is 9.54. The van der Waals surface area contributed by atoms with Crippen LogP contribution in [0.4, 0.5) is 0 Å². The van der Waals surface area contributed by atoms with Crippen LogP contribution >= 0.6 is 0 Å². The van der Waals surface area contributed by atoms with Gasteiger partial charge in [-0.25, -0.2) is 0 Å². The molecule has 0 bridgehead atoms. The van der Waals surface area contributed by atoms with Crippen molar-refractivity contribution in [3.8, 4) is 0 Å². The number of hydrogen-bond acceptors (Lipinski definition) is 0. The molecule has 0 spiro atoms. The molecule has 0 amide bonds. The van der Waals surface area contributed by atoms with Crippen molar-refractivity contribution >= 4 is 0 Å². The summed E-state index contributed by atoms with van der Waals surface area (Å²) in [5.41, 5.74) is 0. The summed E-state index contributed by atoms with van der Waals surface area (Å²) in [6, 6.07) is 0. The fourth-order valence-electron chi connectivity index (χ4n) is 4.79. The lowest BCUT2D eigenvalue weighted by Crippen LogP contribution is -2.25. The van der Waals surface area contributed by atoms with Crippen molar-refractivity contribution in [2.75, 3.05) is 0 Å². The van der Waals surface area contributed by atoms with Gasteiger partial charge in [-0.15, -0.1) is 0 Å². The first kappa shape index (κ1) is 9.24. The molecule has 0 N–H and O–H groups in total. The average Bonchev–Trinajstić information content (AvgIpc) is 2.56. The molecule has 5 unspecified atom stereocenters. The minimum Gasteiger partial charge on any atom is -0.0625 e. The Labute approximate surface area is 88.5 Å². The summed E-state index contributed by atoms with van der Waals surface area (Å²) in [7, 11) is 0. The Morgan fingerprint density at radius 2 is 1.50 bits per heavy atom. The van der Waals surface area contributed by atoms with Gasteiger partial charge >= 0.3 is 0 Å². The van der Waals surface area contributed by atoms with Crippen LogP contribution in [-0.2, 0) is 0 Å². The summed E-state index contributed by atoms with van der Waals surface area (Å²) in [5, 5.41) is 0. The molecule has 0 heterocycles. The normalized spacial score (nSPS) is 52.5. The maximum Gasteiger partial charge on any atom is -0.0352 e. The lowest BCUT2D eigenvalue weighted by molar-refractivity contribution is 0.154. The van der Waals surface area contributed by atoms with Crippen LogP contribution in [0.3, 0.4) is 0 Å². The second-order valence-electron chi connectivity index (χ2n) is 6.29.